The zero-order valence-electron chi connectivity index (χ0n) is 33.0. The number of benzene rings is 1. The molecule has 1 aromatic carbocycles. The van der Waals surface area contributed by atoms with Gasteiger partial charge in [0.15, 0.2) is 5.78 Å². The fourth-order valence-corrected chi connectivity index (χ4v) is 9.32. The minimum Gasteiger partial charge on any atom is -0.488 e. The Labute approximate surface area is 332 Å². The van der Waals surface area contributed by atoms with E-state index < -0.39 is 67.7 Å². The summed E-state index contributed by atoms with van der Waals surface area (Å²) in [6.07, 6.45) is 8.61. The Kier molecular flexibility index (Phi) is 11.0. The molecule has 7 rings (SSSR count). The molecule has 0 radical (unpaired) electrons. The van der Waals surface area contributed by atoms with E-state index in [9.17, 15) is 32.0 Å². The van der Waals surface area contributed by atoms with E-state index in [0.29, 0.717) is 54.3 Å². The van der Waals surface area contributed by atoms with Gasteiger partial charge in [0.25, 0.3) is 5.91 Å². The molecule has 4 aliphatic rings. The second kappa shape index (κ2) is 15.5. The van der Waals surface area contributed by atoms with Crippen molar-refractivity contribution in [1.82, 2.24) is 29.7 Å². The topological polar surface area (TPSA) is 179 Å². The van der Waals surface area contributed by atoms with Crippen LogP contribution in [0.1, 0.15) is 101 Å². The number of carbonyl (C=O) groups excluding carboxylic acids is 4. The average molecular weight is 807 g/mol. The number of fused-ring (bicyclic) bond motifs is 3. The number of nitrogens with one attached hydrogen (secondary N) is 2. The molecule has 3 fully saturated rings. The van der Waals surface area contributed by atoms with Crippen molar-refractivity contribution in [1.29, 1.82) is 0 Å². The molecule has 2 aliphatic heterocycles. The SMILES string of the molecule is Cc1c(F)ccc2c(O[C@@H]3C[C@H]4C(=O)C[C@]5(C(=O)NS(=O)(=O)C6(C)CC6)C[C@H]5/C=C\CCCCC[C@H](NC(=O)c5ccn(C)n5)C(=O)N4C3)cc(OC(C)C)nc12. The standard InChI is InChI=1S/C41H51FN6O8S/c1-24(2)55-35-20-34(28-13-14-29(42)25(3)36(28)44-35)56-27-19-32-33(49)22-41(39(52)46-57(53,54)40(4)16-17-40)21-26(41)11-9-7-6-8-10-12-31(38(51)48(32)23-27)43-37(50)30-15-18-47(5)45-30/h9,11,13-15,18,20,24,26-27,31-32H,6-8,10,12,16-17,19,21-23H2,1-5H3,(H,43,50)(H,46,52)/b11-9-/t26-,27-,31+,32+,41-/m1/s1. The maximum Gasteiger partial charge on any atom is 0.272 e. The van der Waals surface area contributed by atoms with Gasteiger partial charge in [0.2, 0.25) is 27.7 Å². The third kappa shape index (κ3) is 8.28. The van der Waals surface area contributed by atoms with Gasteiger partial charge >= 0.3 is 0 Å². The highest BCUT2D eigenvalue weighted by atomic mass is 32.2. The molecule has 3 amide bonds. The summed E-state index contributed by atoms with van der Waals surface area (Å²) in [7, 11) is -2.30. The van der Waals surface area contributed by atoms with Crippen LogP contribution in [0.2, 0.25) is 0 Å². The number of hydrogen-bond acceptors (Lipinski definition) is 10. The van der Waals surface area contributed by atoms with Gasteiger partial charge < -0.3 is 19.7 Å². The van der Waals surface area contributed by atoms with Gasteiger partial charge in [-0.15, -0.1) is 0 Å². The number of carbonyl (C=O) groups is 4. The number of Topliss-reactive ketones (excluding diaryl/α,β-unsaturated/α-hetero) is 1. The molecule has 4 heterocycles. The first kappa shape index (κ1) is 40.3. The Balaban J connectivity index is 1.23. The largest absolute Gasteiger partial charge is 0.488 e. The average Bonchev–Trinajstić information content (AvgIpc) is 3.95. The number of aromatic nitrogens is 3. The minimum atomic E-state index is -3.98. The van der Waals surface area contributed by atoms with Gasteiger partial charge in [-0.1, -0.05) is 25.0 Å². The number of nitrogens with zero attached hydrogens (tertiary/aromatic N) is 4. The molecule has 14 nitrogen and oxygen atoms in total. The van der Waals surface area contributed by atoms with E-state index >= 15 is 0 Å². The van der Waals surface area contributed by atoms with E-state index in [1.54, 1.807) is 45.3 Å². The summed E-state index contributed by atoms with van der Waals surface area (Å²) < 4.78 is 56.4. The lowest BCUT2D eigenvalue weighted by atomic mass is 9.91. The molecule has 306 valence electrons. The van der Waals surface area contributed by atoms with Crippen LogP contribution >= 0.6 is 0 Å². The van der Waals surface area contributed by atoms with Crippen LogP contribution in [0.4, 0.5) is 4.39 Å². The number of rotatable bonds is 9. The Morgan fingerprint density at radius 1 is 1.11 bits per heavy atom. The highest BCUT2D eigenvalue weighted by Crippen LogP contribution is 2.57. The number of aryl methyl sites for hydroxylation is 2. The monoisotopic (exact) mass is 806 g/mol. The fourth-order valence-electron chi connectivity index (χ4n) is 7.99. The maximum absolute atomic E-state index is 14.7. The zero-order chi connectivity index (χ0) is 40.9. The summed E-state index contributed by atoms with van der Waals surface area (Å²) in [5.41, 5.74) is -0.522. The van der Waals surface area contributed by atoms with Crippen LogP contribution in [-0.2, 0) is 31.5 Å². The molecule has 3 aromatic rings. The summed E-state index contributed by atoms with van der Waals surface area (Å²) in [5, 5.41) is 7.58. The molecule has 0 bridgehead atoms. The van der Waals surface area contributed by atoms with E-state index in [1.165, 1.54) is 15.6 Å². The number of allylic oxidation sites excluding steroid dienone is 2. The van der Waals surface area contributed by atoms with Crippen molar-refractivity contribution >= 4 is 44.4 Å². The Morgan fingerprint density at radius 3 is 2.58 bits per heavy atom. The van der Waals surface area contributed by atoms with Gasteiger partial charge in [0.1, 0.15) is 29.4 Å². The second-order valence-electron chi connectivity index (χ2n) is 16.6. The van der Waals surface area contributed by atoms with E-state index in [4.69, 9.17) is 9.47 Å². The van der Waals surface area contributed by atoms with Gasteiger partial charge in [0, 0.05) is 43.1 Å². The summed E-state index contributed by atoms with van der Waals surface area (Å²) >= 11 is 0. The number of amides is 3. The lowest BCUT2D eigenvalue weighted by Crippen LogP contribution is -2.52. The molecular formula is C41H51FN6O8S. The predicted octanol–water partition coefficient (Wildman–Crippen LogP) is 4.83. The van der Waals surface area contributed by atoms with Gasteiger partial charge in [-0.05, 0) is 90.3 Å². The fraction of sp³-hybridized carbons (Fsp3) is 0.561. The maximum atomic E-state index is 14.7. The summed E-state index contributed by atoms with van der Waals surface area (Å²) in [6, 6.07) is 3.98. The van der Waals surface area contributed by atoms with Crippen molar-refractivity contribution in [3.8, 4) is 11.6 Å². The van der Waals surface area contributed by atoms with Crippen LogP contribution in [0.25, 0.3) is 10.9 Å². The van der Waals surface area contributed by atoms with Crippen LogP contribution in [0.3, 0.4) is 0 Å². The molecule has 0 spiro atoms. The van der Waals surface area contributed by atoms with E-state index in [-0.39, 0.29) is 49.4 Å². The number of ketones is 1. The molecule has 2 aliphatic carbocycles. The number of pyridine rings is 1. The molecule has 2 N–H and O–H groups in total. The minimum absolute atomic E-state index is 0.0369. The van der Waals surface area contributed by atoms with Crippen LogP contribution in [-0.4, -0.2) is 87.2 Å². The molecule has 2 aromatic heterocycles. The highest BCUT2D eigenvalue weighted by Gasteiger charge is 2.62. The molecule has 2 saturated carbocycles. The van der Waals surface area contributed by atoms with Gasteiger partial charge in [-0.2, -0.15) is 5.10 Å². The second-order valence-corrected chi connectivity index (χ2v) is 18.8. The van der Waals surface area contributed by atoms with E-state index in [1.807, 2.05) is 26.0 Å². The van der Waals surface area contributed by atoms with E-state index in [2.05, 4.69) is 20.1 Å². The first-order chi connectivity index (χ1) is 27.0. The van der Waals surface area contributed by atoms with Crippen molar-refractivity contribution in [3.63, 3.8) is 0 Å². The van der Waals surface area contributed by atoms with Crippen LogP contribution < -0.4 is 19.5 Å². The molecule has 16 heteroatoms. The predicted molar refractivity (Wildman–Crippen MR) is 208 cm³/mol. The quantitative estimate of drug-likeness (QED) is 0.285. The first-order valence-corrected chi connectivity index (χ1v) is 21.3. The lowest BCUT2D eigenvalue weighted by molar-refractivity contribution is -0.140. The molecule has 1 saturated heterocycles. The lowest BCUT2D eigenvalue weighted by Gasteiger charge is -2.29. The van der Waals surface area contributed by atoms with Gasteiger partial charge in [-0.25, -0.2) is 17.8 Å². The van der Waals surface area contributed by atoms with Crippen molar-refractivity contribution in [2.45, 2.75) is 121 Å². The summed E-state index contributed by atoms with van der Waals surface area (Å²) in [5.74, 6) is -2.40. The molecule has 5 atom stereocenters. The van der Waals surface area contributed by atoms with Crippen molar-refractivity contribution < 1.29 is 41.5 Å². The normalized spacial score (nSPS) is 26.8. The Morgan fingerprint density at radius 2 is 1.88 bits per heavy atom. The number of ether oxygens (including phenoxy) is 2. The first-order valence-electron chi connectivity index (χ1n) is 19.8. The molecule has 57 heavy (non-hydrogen) atoms. The molecular weight excluding hydrogens is 756 g/mol. The number of halogens is 1. The third-order valence-corrected chi connectivity index (χ3v) is 14.0. The van der Waals surface area contributed by atoms with Gasteiger partial charge in [-0.3, -0.25) is 28.6 Å². The Bertz CT molecular complexity index is 2240. The van der Waals surface area contributed by atoms with Crippen molar-refractivity contribution in [2.24, 2.45) is 18.4 Å². The van der Waals surface area contributed by atoms with Crippen molar-refractivity contribution in [2.75, 3.05) is 6.54 Å². The van der Waals surface area contributed by atoms with Crippen LogP contribution in [0.5, 0.6) is 11.6 Å². The number of hydrogen-bond donors (Lipinski definition) is 2. The zero-order valence-corrected chi connectivity index (χ0v) is 33.9. The Hall–Kier alpha value is -4.86. The van der Waals surface area contributed by atoms with Crippen LogP contribution in [0, 0.1) is 24.1 Å². The van der Waals surface area contributed by atoms with E-state index in [0.717, 1.165) is 12.8 Å². The highest BCUT2D eigenvalue weighted by molar-refractivity contribution is 7.91. The van der Waals surface area contributed by atoms with Crippen molar-refractivity contribution in [3.05, 3.63) is 59.7 Å². The van der Waals surface area contributed by atoms with Gasteiger partial charge in [0.05, 0.1) is 34.4 Å². The smallest absolute Gasteiger partial charge is 0.272 e. The number of sulfonamides is 1. The third-order valence-electron chi connectivity index (χ3n) is 11.9. The summed E-state index contributed by atoms with van der Waals surface area (Å²) in [4.78, 5) is 62.7. The summed E-state index contributed by atoms with van der Waals surface area (Å²) in [6.45, 7) is 6.84. The molecule has 0 unspecified atom stereocenters. The van der Waals surface area contributed by atoms with Crippen LogP contribution in [0.15, 0.2) is 42.6 Å².